The molecule has 1 atom stereocenters. The lowest BCUT2D eigenvalue weighted by molar-refractivity contribution is -0.167. The van der Waals surface area contributed by atoms with Gasteiger partial charge in [0.1, 0.15) is 13.2 Å². The molecule has 0 aliphatic carbocycles. The molecule has 6 heteroatoms. The maximum absolute atomic E-state index is 12.8. The van der Waals surface area contributed by atoms with Gasteiger partial charge < -0.3 is 14.2 Å². The van der Waals surface area contributed by atoms with E-state index in [1.54, 1.807) is 0 Å². The van der Waals surface area contributed by atoms with E-state index < -0.39 is 6.10 Å². The lowest BCUT2D eigenvalue weighted by Gasteiger charge is -2.18. The van der Waals surface area contributed by atoms with Gasteiger partial charge in [-0.3, -0.25) is 14.4 Å². The molecule has 0 aromatic carbocycles. The van der Waals surface area contributed by atoms with Crippen molar-refractivity contribution in [2.45, 2.75) is 232 Å². The second kappa shape index (κ2) is 54.4. The van der Waals surface area contributed by atoms with Crippen LogP contribution in [0.1, 0.15) is 226 Å². The smallest absolute Gasteiger partial charge is 0.306 e. The summed E-state index contributed by atoms with van der Waals surface area (Å²) in [6.45, 7) is 6.32. The molecule has 0 aliphatic rings. The van der Waals surface area contributed by atoms with Crippen molar-refractivity contribution in [1.29, 1.82) is 0 Å². The Morgan fingerprint density at radius 2 is 0.597 bits per heavy atom. The van der Waals surface area contributed by atoms with E-state index in [2.05, 4.69) is 142 Å². The summed E-state index contributed by atoms with van der Waals surface area (Å²) in [6, 6.07) is 0. The first-order valence-corrected chi connectivity index (χ1v) is 27.0. The van der Waals surface area contributed by atoms with Crippen LogP contribution in [0.2, 0.25) is 0 Å². The number of allylic oxidation sites excluding steroid dienone is 20. The second-order valence-corrected chi connectivity index (χ2v) is 17.4. The summed E-state index contributed by atoms with van der Waals surface area (Å²) in [5.41, 5.74) is 0. The molecular formula is C61H98O6. The predicted octanol–water partition coefficient (Wildman–Crippen LogP) is 18.1. The minimum absolute atomic E-state index is 0.102. The third kappa shape index (κ3) is 52.6. The van der Waals surface area contributed by atoms with E-state index >= 15 is 0 Å². The maximum Gasteiger partial charge on any atom is 0.306 e. The van der Waals surface area contributed by atoms with Crippen LogP contribution in [0.15, 0.2) is 122 Å². The van der Waals surface area contributed by atoms with Crippen LogP contribution in [-0.4, -0.2) is 37.2 Å². The fourth-order valence-corrected chi connectivity index (χ4v) is 6.97. The lowest BCUT2D eigenvalue weighted by atomic mass is 10.1. The van der Waals surface area contributed by atoms with E-state index in [1.165, 1.54) is 64.2 Å². The predicted molar refractivity (Wildman–Crippen MR) is 288 cm³/mol. The lowest BCUT2D eigenvalue weighted by Crippen LogP contribution is -2.30. The first-order chi connectivity index (χ1) is 33.0. The van der Waals surface area contributed by atoms with Gasteiger partial charge >= 0.3 is 17.9 Å². The molecule has 6 nitrogen and oxygen atoms in total. The minimum atomic E-state index is -0.808. The van der Waals surface area contributed by atoms with Crippen LogP contribution in [0.5, 0.6) is 0 Å². The molecule has 0 spiro atoms. The fraction of sp³-hybridized carbons (Fsp3) is 0.623. The van der Waals surface area contributed by atoms with Crippen molar-refractivity contribution < 1.29 is 28.6 Å². The Morgan fingerprint density at radius 1 is 0.313 bits per heavy atom. The summed E-state index contributed by atoms with van der Waals surface area (Å²) < 4.78 is 16.7. The standard InChI is InChI=1S/C61H98O6/c1-4-7-10-13-16-19-21-23-25-27-28-29-30-31-32-34-35-37-39-42-45-48-51-54-60(63)66-57-58(56-65-59(62)53-50-47-44-41-18-15-12-9-6-3)67-61(64)55-52-49-46-43-40-38-36-33-26-24-22-20-17-14-11-8-5-2/h7-8,10-11,16-17,19-20,23-26,28-29,31-32,35,37,42,45,58H,4-6,9,12-15,18,21-22,27,30,33-34,36,38-41,43-44,46-57H2,1-3H3/b10-7-,11-8-,19-16-,20-17-,25-23-,26-24-,29-28-,32-31-,37-35-,45-42-. The Labute approximate surface area is 412 Å². The molecule has 67 heavy (non-hydrogen) atoms. The highest BCUT2D eigenvalue weighted by Crippen LogP contribution is 2.14. The number of ether oxygens (including phenoxy) is 3. The van der Waals surface area contributed by atoms with Gasteiger partial charge in [0.05, 0.1) is 0 Å². The molecule has 0 N–H and O–H groups in total. The Bertz CT molecular complexity index is 1440. The number of hydrogen-bond donors (Lipinski definition) is 0. The molecule has 0 radical (unpaired) electrons. The van der Waals surface area contributed by atoms with Crippen molar-refractivity contribution >= 4 is 17.9 Å². The van der Waals surface area contributed by atoms with Gasteiger partial charge in [-0.2, -0.15) is 0 Å². The van der Waals surface area contributed by atoms with Crippen LogP contribution < -0.4 is 0 Å². The number of carbonyl (C=O) groups is 3. The zero-order valence-corrected chi connectivity index (χ0v) is 43.1. The quantitative estimate of drug-likeness (QED) is 0.0262. The zero-order chi connectivity index (χ0) is 48.6. The fourth-order valence-electron chi connectivity index (χ4n) is 6.97. The third-order valence-electron chi connectivity index (χ3n) is 11.0. The van der Waals surface area contributed by atoms with Crippen LogP contribution in [0, 0.1) is 0 Å². The summed E-state index contributed by atoms with van der Waals surface area (Å²) in [5.74, 6) is -0.982. The molecule has 1 unspecified atom stereocenters. The van der Waals surface area contributed by atoms with E-state index in [4.69, 9.17) is 14.2 Å². The number of hydrogen-bond acceptors (Lipinski definition) is 6. The molecule has 0 heterocycles. The molecule has 0 fully saturated rings. The Morgan fingerprint density at radius 3 is 0.970 bits per heavy atom. The summed E-state index contributed by atoms with van der Waals surface area (Å²) >= 11 is 0. The second-order valence-electron chi connectivity index (χ2n) is 17.4. The Kier molecular flexibility index (Phi) is 51.0. The number of rotatable bonds is 47. The number of unbranched alkanes of at least 4 members (excludes halogenated alkanes) is 16. The normalized spacial score (nSPS) is 13.1. The van der Waals surface area contributed by atoms with Crippen molar-refractivity contribution in [2.75, 3.05) is 13.2 Å². The number of carbonyl (C=O) groups excluding carboxylic acids is 3. The highest BCUT2D eigenvalue weighted by molar-refractivity contribution is 5.71. The average Bonchev–Trinajstić information content (AvgIpc) is 3.33. The van der Waals surface area contributed by atoms with Crippen molar-refractivity contribution in [2.24, 2.45) is 0 Å². The number of esters is 3. The molecule has 0 saturated carbocycles. The van der Waals surface area contributed by atoms with E-state index in [-0.39, 0.29) is 37.5 Å². The molecule has 0 aromatic heterocycles. The topological polar surface area (TPSA) is 78.9 Å². The van der Waals surface area contributed by atoms with Crippen LogP contribution in [-0.2, 0) is 28.6 Å². The van der Waals surface area contributed by atoms with Gasteiger partial charge in [-0.15, -0.1) is 0 Å². The van der Waals surface area contributed by atoms with Gasteiger partial charge in [-0.25, -0.2) is 0 Å². The minimum Gasteiger partial charge on any atom is -0.462 e. The maximum atomic E-state index is 12.8. The molecular weight excluding hydrogens is 829 g/mol. The van der Waals surface area contributed by atoms with Gasteiger partial charge in [0.2, 0.25) is 0 Å². The molecule has 378 valence electrons. The van der Waals surface area contributed by atoms with Gasteiger partial charge in [-0.1, -0.05) is 226 Å². The van der Waals surface area contributed by atoms with Crippen LogP contribution in [0.4, 0.5) is 0 Å². The Balaban J connectivity index is 4.44. The van der Waals surface area contributed by atoms with Crippen LogP contribution >= 0.6 is 0 Å². The van der Waals surface area contributed by atoms with E-state index in [0.717, 1.165) is 116 Å². The summed E-state index contributed by atoms with van der Waals surface area (Å²) in [4.78, 5) is 38.0. The van der Waals surface area contributed by atoms with E-state index in [0.29, 0.717) is 19.3 Å². The largest absolute Gasteiger partial charge is 0.462 e. The Hall–Kier alpha value is -4.19. The molecule has 0 aliphatic heterocycles. The monoisotopic (exact) mass is 927 g/mol. The van der Waals surface area contributed by atoms with E-state index in [1.807, 2.05) is 0 Å². The first-order valence-electron chi connectivity index (χ1n) is 27.0. The molecule has 0 rings (SSSR count). The van der Waals surface area contributed by atoms with E-state index in [9.17, 15) is 14.4 Å². The highest BCUT2D eigenvalue weighted by atomic mass is 16.6. The summed E-state index contributed by atoms with van der Waals surface area (Å²) in [7, 11) is 0. The summed E-state index contributed by atoms with van der Waals surface area (Å²) in [6.07, 6.45) is 74.8. The van der Waals surface area contributed by atoms with Crippen molar-refractivity contribution in [3.63, 3.8) is 0 Å². The van der Waals surface area contributed by atoms with Gasteiger partial charge in [0.25, 0.3) is 0 Å². The average molecular weight is 927 g/mol. The van der Waals surface area contributed by atoms with Crippen molar-refractivity contribution in [1.82, 2.24) is 0 Å². The van der Waals surface area contributed by atoms with Crippen molar-refractivity contribution in [3.8, 4) is 0 Å². The summed E-state index contributed by atoms with van der Waals surface area (Å²) in [5, 5.41) is 0. The SMILES string of the molecule is CC/C=C\C/C=C\C/C=C\C/C=C\C/C=C\C/C=C\C/C=C\CCCC(=O)OCC(COC(=O)CCCCCCCCCCC)OC(=O)CCCCCCCCC/C=C\C/C=C\C/C=C\CC. The molecule has 0 amide bonds. The van der Waals surface area contributed by atoms with Gasteiger partial charge in [-0.05, 0) is 103 Å². The zero-order valence-electron chi connectivity index (χ0n) is 43.1. The first kappa shape index (κ1) is 62.8. The molecule has 0 saturated heterocycles. The van der Waals surface area contributed by atoms with Gasteiger partial charge in [0, 0.05) is 19.3 Å². The van der Waals surface area contributed by atoms with Crippen LogP contribution in [0.3, 0.4) is 0 Å². The highest BCUT2D eigenvalue weighted by Gasteiger charge is 2.19. The van der Waals surface area contributed by atoms with Gasteiger partial charge in [0.15, 0.2) is 6.10 Å². The van der Waals surface area contributed by atoms with Crippen molar-refractivity contribution in [3.05, 3.63) is 122 Å². The third-order valence-corrected chi connectivity index (χ3v) is 11.0. The molecule has 0 aromatic rings. The molecule has 0 bridgehead atoms. The van der Waals surface area contributed by atoms with Crippen LogP contribution in [0.25, 0.3) is 0 Å².